The lowest BCUT2D eigenvalue weighted by molar-refractivity contribution is -0.142. The van der Waals surface area contributed by atoms with Crippen molar-refractivity contribution in [3.8, 4) is 5.69 Å². The standard InChI is InChI=1S/C21H19N3O3S/c1-3-27-20(26)13(2)28-21-23-17-15-11-7-8-12-16(15)22-18(17)19(25)24(21)14-9-5-4-6-10-14/h4-13,22H,3H2,1-2H3/t13-/m0/s1. The van der Waals surface area contributed by atoms with E-state index in [2.05, 4.69) is 4.98 Å². The lowest BCUT2D eigenvalue weighted by atomic mass is 10.2. The van der Waals surface area contributed by atoms with Gasteiger partial charge in [0.05, 0.1) is 12.3 Å². The number of carbonyl (C=O) groups excluding carboxylic acids is 1. The summed E-state index contributed by atoms with van der Waals surface area (Å²) in [7, 11) is 0. The number of hydrogen-bond donors (Lipinski definition) is 1. The van der Waals surface area contributed by atoms with Gasteiger partial charge in [0.2, 0.25) is 0 Å². The predicted octanol–water partition coefficient (Wildman–Crippen LogP) is 3.91. The molecule has 6 nitrogen and oxygen atoms in total. The van der Waals surface area contributed by atoms with Gasteiger partial charge in [-0.05, 0) is 32.0 Å². The summed E-state index contributed by atoms with van der Waals surface area (Å²) in [5, 5.41) is 0.832. The van der Waals surface area contributed by atoms with Crippen LogP contribution >= 0.6 is 11.8 Å². The van der Waals surface area contributed by atoms with Gasteiger partial charge in [0.25, 0.3) is 5.56 Å². The minimum Gasteiger partial charge on any atom is -0.465 e. The van der Waals surface area contributed by atoms with Crippen LogP contribution < -0.4 is 5.56 Å². The molecule has 0 spiro atoms. The first-order valence-electron chi connectivity index (χ1n) is 9.02. The minimum absolute atomic E-state index is 0.203. The molecule has 0 unspecified atom stereocenters. The first kappa shape index (κ1) is 18.3. The molecule has 0 aliphatic heterocycles. The third-order valence-corrected chi connectivity index (χ3v) is 5.44. The van der Waals surface area contributed by atoms with Gasteiger partial charge in [0.1, 0.15) is 16.3 Å². The number of H-pyrrole nitrogens is 1. The molecule has 7 heteroatoms. The molecule has 28 heavy (non-hydrogen) atoms. The fourth-order valence-corrected chi connectivity index (χ4v) is 4.01. The lowest BCUT2D eigenvalue weighted by Crippen LogP contribution is -2.24. The van der Waals surface area contributed by atoms with Gasteiger partial charge in [-0.15, -0.1) is 0 Å². The van der Waals surface area contributed by atoms with Crippen LogP contribution in [0, 0.1) is 0 Å². The number of fused-ring (bicyclic) bond motifs is 3. The zero-order valence-electron chi connectivity index (χ0n) is 15.5. The molecule has 0 bridgehead atoms. The van der Waals surface area contributed by atoms with Crippen LogP contribution in [0.3, 0.4) is 0 Å². The number of carbonyl (C=O) groups is 1. The number of hydrogen-bond acceptors (Lipinski definition) is 5. The monoisotopic (exact) mass is 393 g/mol. The molecule has 1 atom stereocenters. The zero-order valence-corrected chi connectivity index (χ0v) is 16.3. The molecule has 0 aliphatic carbocycles. The third-order valence-electron chi connectivity index (χ3n) is 4.41. The summed E-state index contributed by atoms with van der Waals surface area (Å²) in [5.41, 5.74) is 2.39. The molecule has 2 heterocycles. The zero-order chi connectivity index (χ0) is 19.7. The SMILES string of the molecule is CCOC(=O)[C@H](C)Sc1nc2c([nH]c3ccccc32)c(=O)n1-c1ccccc1. The molecule has 0 fully saturated rings. The minimum atomic E-state index is -0.496. The van der Waals surface area contributed by atoms with Crippen LogP contribution in [0.25, 0.3) is 27.6 Å². The van der Waals surface area contributed by atoms with Crippen LogP contribution in [0.15, 0.2) is 64.5 Å². The van der Waals surface area contributed by atoms with Crippen LogP contribution in [0.4, 0.5) is 0 Å². The van der Waals surface area contributed by atoms with Crippen LogP contribution in [-0.2, 0) is 9.53 Å². The average molecular weight is 393 g/mol. The predicted molar refractivity (Wildman–Crippen MR) is 111 cm³/mol. The highest BCUT2D eigenvalue weighted by molar-refractivity contribution is 8.00. The summed E-state index contributed by atoms with van der Waals surface area (Å²) in [5.74, 6) is -0.333. The summed E-state index contributed by atoms with van der Waals surface area (Å²) >= 11 is 1.22. The van der Waals surface area contributed by atoms with Gasteiger partial charge in [0, 0.05) is 10.9 Å². The maximum atomic E-state index is 13.4. The second-order valence-corrected chi connectivity index (χ2v) is 7.58. The number of aromatic amines is 1. The number of benzene rings is 2. The van der Waals surface area contributed by atoms with Crippen LogP contribution in [0.2, 0.25) is 0 Å². The van der Waals surface area contributed by atoms with Gasteiger partial charge in [-0.3, -0.25) is 14.2 Å². The van der Waals surface area contributed by atoms with E-state index in [1.807, 2.05) is 54.6 Å². The van der Waals surface area contributed by atoms with E-state index in [1.165, 1.54) is 16.3 Å². The van der Waals surface area contributed by atoms with Crippen LogP contribution in [0.5, 0.6) is 0 Å². The third kappa shape index (κ3) is 3.18. The van der Waals surface area contributed by atoms with Gasteiger partial charge < -0.3 is 9.72 Å². The normalized spacial score (nSPS) is 12.4. The van der Waals surface area contributed by atoms with Crippen molar-refractivity contribution in [2.45, 2.75) is 24.3 Å². The molecule has 0 saturated carbocycles. The van der Waals surface area contributed by atoms with E-state index < -0.39 is 5.25 Å². The fraction of sp³-hybridized carbons (Fsp3) is 0.190. The van der Waals surface area contributed by atoms with E-state index in [0.717, 1.165) is 10.9 Å². The van der Waals surface area contributed by atoms with E-state index >= 15 is 0 Å². The smallest absolute Gasteiger partial charge is 0.319 e. The van der Waals surface area contributed by atoms with Crippen molar-refractivity contribution in [1.82, 2.24) is 14.5 Å². The molecule has 0 radical (unpaired) electrons. The molecule has 1 N–H and O–H groups in total. The summed E-state index contributed by atoms with van der Waals surface area (Å²) in [4.78, 5) is 33.5. The van der Waals surface area contributed by atoms with E-state index in [1.54, 1.807) is 13.8 Å². The molecular weight excluding hydrogens is 374 g/mol. The number of nitrogens with one attached hydrogen (secondary N) is 1. The molecule has 4 rings (SSSR count). The second kappa shape index (κ2) is 7.52. The molecule has 2 aromatic carbocycles. The largest absolute Gasteiger partial charge is 0.465 e. The Morgan fingerprint density at radius 2 is 1.89 bits per heavy atom. The van der Waals surface area contributed by atoms with Crippen molar-refractivity contribution in [3.05, 3.63) is 65.0 Å². The Balaban J connectivity index is 1.96. The summed E-state index contributed by atoms with van der Waals surface area (Å²) in [6, 6.07) is 17.0. The summed E-state index contributed by atoms with van der Waals surface area (Å²) in [6.07, 6.45) is 0. The highest BCUT2D eigenvalue weighted by atomic mass is 32.2. The Bertz CT molecular complexity index is 1210. The average Bonchev–Trinajstić information content (AvgIpc) is 3.08. The van der Waals surface area contributed by atoms with Gasteiger partial charge in [-0.1, -0.05) is 48.2 Å². The number of aromatic nitrogens is 3. The Hall–Kier alpha value is -3.06. The molecule has 0 amide bonds. The number of thioether (sulfide) groups is 1. The van der Waals surface area contributed by atoms with Crippen molar-refractivity contribution < 1.29 is 9.53 Å². The summed E-state index contributed by atoms with van der Waals surface area (Å²) in [6.45, 7) is 3.83. The first-order chi connectivity index (χ1) is 13.6. The Labute approximate surface area is 165 Å². The number of nitrogens with zero attached hydrogens (tertiary/aromatic N) is 2. The Morgan fingerprint density at radius 3 is 2.64 bits per heavy atom. The fourth-order valence-electron chi connectivity index (χ4n) is 3.09. The first-order valence-corrected chi connectivity index (χ1v) is 9.90. The Kier molecular flexibility index (Phi) is 4.92. The number of para-hydroxylation sites is 2. The van der Waals surface area contributed by atoms with Crippen molar-refractivity contribution >= 4 is 39.7 Å². The van der Waals surface area contributed by atoms with E-state index in [9.17, 15) is 9.59 Å². The summed E-state index contributed by atoms with van der Waals surface area (Å²) < 4.78 is 6.65. The van der Waals surface area contributed by atoms with Crippen LogP contribution in [-0.4, -0.2) is 32.4 Å². The molecular formula is C21H19N3O3S. The molecule has 4 aromatic rings. The maximum Gasteiger partial charge on any atom is 0.319 e. The van der Waals surface area contributed by atoms with Crippen molar-refractivity contribution in [2.24, 2.45) is 0 Å². The van der Waals surface area contributed by atoms with Crippen LogP contribution in [0.1, 0.15) is 13.8 Å². The van der Waals surface area contributed by atoms with Gasteiger partial charge in [-0.25, -0.2) is 4.98 Å². The van der Waals surface area contributed by atoms with Crippen molar-refractivity contribution in [1.29, 1.82) is 0 Å². The van der Waals surface area contributed by atoms with E-state index in [0.29, 0.717) is 28.5 Å². The number of rotatable bonds is 5. The highest BCUT2D eigenvalue weighted by Crippen LogP contribution is 2.28. The van der Waals surface area contributed by atoms with E-state index in [4.69, 9.17) is 9.72 Å². The number of esters is 1. The highest BCUT2D eigenvalue weighted by Gasteiger charge is 2.22. The lowest BCUT2D eigenvalue weighted by Gasteiger charge is -2.15. The second-order valence-electron chi connectivity index (χ2n) is 6.28. The molecule has 142 valence electrons. The van der Waals surface area contributed by atoms with Gasteiger partial charge in [0.15, 0.2) is 5.16 Å². The molecule has 2 aromatic heterocycles. The van der Waals surface area contributed by atoms with Gasteiger partial charge >= 0.3 is 5.97 Å². The molecule has 0 saturated heterocycles. The Morgan fingerprint density at radius 1 is 1.18 bits per heavy atom. The van der Waals surface area contributed by atoms with Crippen molar-refractivity contribution in [2.75, 3.05) is 6.61 Å². The van der Waals surface area contributed by atoms with Gasteiger partial charge in [-0.2, -0.15) is 0 Å². The molecule has 0 aliphatic rings. The van der Waals surface area contributed by atoms with E-state index in [-0.39, 0.29) is 11.5 Å². The maximum absolute atomic E-state index is 13.4. The topological polar surface area (TPSA) is 77.0 Å². The van der Waals surface area contributed by atoms with Crippen molar-refractivity contribution in [3.63, 3.8) is 0 Å². The number of ether oxygens (including phenoxy) is 1. The quantitative estimate of drug-likeness (QED) is 0.316.